The quantitative estimate of drug-likeness (QED) is 0.697. The van der Waals surface area contributed by atoms with Crippen molar-refractivity contribution in [1.82, 2.24) is 15.4 Å². The highest BCUT2D eigenvalue weighted by Gasteiger charge is 2.34. The summed E-state index contributed by atoms with van der Waals surface area (Å²) in [7, 11) is 0. The topological polar surface area (TPSA) is 67.9 Å². The minimum Gasteiger partial charge on any atom is -0.461 e. The van der Waals surface area contributed by atoms with Crippen LogP contribution in [-0.4, -0.2) is 28.0 Å². The number of esters is 1. The highest BCUT2D eigenvalue weighted by Crippen LogP contribution is 2.35. The first-order chi connectivity index (χ1) is 10.3. The molecule has 2 aromatic rings. The Labute approximate surface area is 122 Å². The van der Waals surface area contributed by atoms with Crippen molar-refractivity contribution in [1.29, 1.82) is 0 Å². The molecular weight excluding hydrogens is 306 g/mol. The Balaban J connectivity index is 2.54. The maximum absolute atomic E-state index is 14.0. The first-order valence-electron chi connectivity index (χ1n) is 6.21. The van der Waals surface area contributed by atoms with Crippen LogP contribution in [0.2, 0.25) is 0 Å². The van der Waals surface area contributed by atoms with Crippen LogP contribution in [0.4, 0.5) is 17.6 Å². The number of carbonyl (C=O) groups is 1. The SMILES string of the molecule is CCOC(=O)c1n[nH]nc1-c1cc(C)c(C(F)(F)F)cc1F. The van der Waals surface area contributed by atoms with Crippen molar-refractivity contribution in [2.24, 2.45) is 0 Å². The maximum Gasteiger partial charge on any atom is 0.416 e. The number of benzene rings is 1. The van der Waals surface area contributed by atoms with E-state index in [4.69, 9.17) is 4.74 Å². The second-order valence-electron chi connectivity index (χ2n) is 4.39. The van der Waals surface area contributed by atoms with Crippen LogP contribution in [0.1, 0.15) is 28.5 Å². The summed E-state index contributed by atoms with van der Waals surface area (Å²) in [5.41, 5.74) is -2.04. The molecule has 9 heteroatoms. The monoisotopic (exact) mass is 317 g/mol. The van der Waals surface area contributed by atoms with Gasteiger partial charge in [-0.05, 0) is 31.5 Å². The molecule has 0 bridgehead atoms. The molecule has 0 aliphatic carbocycles. The van der Waals surface area contributed by atoms with Crippen LogP contribution in [0.25, 0.3) is 11.3 Å². The summed E-state index contributed by atoms with van der Waals surface area (Å²) in [6, 6.07) is 1.34. The summed E-state index contributed by atoms with van der Waals surface area (Å²) >= 11 is 0. The van der Waals surface area contributed by atoms with E-state index in [1.807, 2.05) is 0 Å². The number of nitrogens with zero attached hydrogens (tertiary/aromatic N) is 2. The van der Waals surface area contributed by atoms with Gasteiger partial charge >= 0.3 is 12.1 Å². The van der Waals surface area contributed by atoms with Crippen LogP contribution in [0.15, 0.2) is 12.1 Å². The molecule has 0 saturated carbocycles. The van der Waals surface area contributed by atoms with Gasteiger partial charge in [-0.3, -0.25) is 0 Å². The normalized spacial score (nSPS) is 11.5. The molecule has 0 saturated heterocycles. The minimum atomic E-state index is -4.67. The van der Waals surface area contributed by atoms with E-state index in [1.54, 1.807) is 6.92 Å². The van der Waals surface area contributed by atoms with Crippen molar-refractivity contribution in [3.8, 4) is 11.3 Å². The Morgan fingerprint density at radius 2 is 2.00 bits per heavy atom. The van der Waals surface area contributed by atoms with Crippen molar-refractivity contribution < 1.29 is 27.1 Å². The van der Waals surface area contributed by atoms with Gasteiger partial charge in [0.05, 0.1) is 12.2 Å². The molecule has 22 heavy (non-hydrogen) atoms. The second kappa shape index (κ2) is 5.74. The minimum absolute atomic E-state index is 0.0691. The largest absolute Gasteiger partial charge is 0.461 e. The molecule has 1 N–H and O–H groups in total. The Bertz CT molecular complexity index is 710. The van der Waals surface area contributed by atoms with Gasteiger partial charge in [-0.25, -0.2) is 9.18 Å². The van der Waals surface area contributed by atoms with Crippen molar-refractivity contribution in [2.75, 3.05) is 6.61 Å². The molecule has 5 nitrogen and oxygen atoms in total. The third kappa shape index (κ3) is 2.92. The van der Waals surface area contributed by atoms with Crippen LogP contribution in [0.3, 0.4) is 0 Å². The molecule has 1 aromatic heterocycles. The molecule has 0 atom stereocenters. The van der Waals surface area contributed by atoms with E-state index in [0.29, 0.717) is 6.07 Å². The highest BCUT2D eigenvalue weighted by molar-refractivity contribution is 5.94. The van der Waals surface area contributed by atoms with E-state index in [1.165, 1.54) is 6.92 Å². The lowest BCUT2D eigenvalue weighted by Gasteiger charge is -2.12. The number of carbonyl (C=O) groups excluding carboxylic acids is 1. The second-order valence-corrected chi connectivity index (χ2v) is 4.39. The molecule has 0 aliphatic rings. The van der Waals surface area contributed by atoms with E-state index >= 15 is 0 Å². The lowest BCUT2D eigenvalue weighted by atomic mass is 10.0. The Morgan fingerprint density at radius 1 is 1.32 bits per heavy atom. The fraction of sp³-hybridized carbons (Fsp3) is 0.308. The highest BCUT2D eigenvalue weighted by atomic mass is 19.4. The third-order valence-electron chi connectivity index (χ3n) is 2.89. The summed E-state index contributed by atoms with van der Waals surface area (Å²) in [5, 5.41) is 9.32. The molecule has 1 aromatic carbocycles. The third-order valence-corrected chi connectivity index (χ3v) is 2.89. The predicted octanol–water partition coefficient (Wildman–Crippen LogP) is 3.11. The smallest absolute Gasteiger partial charge is 0.416 e. The number of aromatic nitrogens is 3. The first-order valence-corrected chi connectivity index (χ1v) is 6.21. The zero-order chi connectivity index (χ0) is 16.5. The van der Waals surface area contributed by atoms with E-state index in [0.717, 1.165) is 6.07 Å². The standard InChI is InChI=1S/C13H11F4N3O2/c1-3-22-12(21)11-10(18-20-19-11)7-4-6(2)8(5-9(7)14)13(15,16)17/h4-5H,3H2,1-2H3,(H,18,19,20). The molecule has 118 valence electrons. The average molecular weight is 317 g/mol. The summed E-state index contributed by atoms with van der Waals surface area (Å²) < 4.78 is 57.0. The van der Waals surface area contributed by atoms with Gasteiger partial charge in [0.1, 0.15) is 11.5 Å². The molecule has 0 unspecified atom stereocenters. The van der Waals surface area contributed by atoms with Gasteiger partial charge in [0, 0.05) is 5.56 Å². The van der Waals surface area contributed by atoms with Gasteiger partial charge in [0.15, 0.2) is 5.69 Å². The van der Waals surface area contributed by atoms with Crippen LogP contribution in [0, 0.1) is 12.7 Å². The van der Waals surface area contributed by atoms with Crippen molar-refractivity contribution in [2.45, 2.75) is 20.0 Å². The number of hydrogen-bond acceptors (Lipinski definition) is 4. The molecule has 2 rings (SSSR count). The van der Waals surface area contributed by atoms with Gasteiger partial charge in [0.25, 0.3) is 0 Å². The lowest BCUT2D eigenvalue weighted by Crippen LogP contribution is -2.10. The number of halogens is 4. The number of hydrogen-bond donors (Lipinski definition) is 1. The van der Waals surface area contributed by atoms with E-state index < -0.39 is 23.5 Å². The number of aromatic amines is 1. The molecule has 0 radical (unpaired) electrons. The number of H-pyrrole nitrogens is 1. The van der Waals surface area contributed by atoms with Gasteiger partial charge < -0.3 is 4.74 Å². The van der Waals surface area contributed by atoms with Crippen LogP contribution in [-0.2, 0) is 10.9 Å². The Kier molecular flexibility index (Phi) is 4.16. The number of rotatable bonds is 3. The molecule has 1 heterocycles. The summed E-state index contributed by atoms with van der Waals surface area (Å²) in [4.78, 5) is 11.7. The lowest BCUT2D eigenvalue weighted by molar-refractivity contribution is -0.138. The molecule has 0 aliphatic heterocycles. The van der Waals surface area contributed by atoms with Gasteiger partial charge in [0.2, 0.25) is 0 Å². The van der Waals surface area contributed by atoms with Crippen LogP contribution in [0.5, 0.6) is 0 Å². The Hall–Kier alpha value is -2.45. The fourth-order valence-electron chi connectivity index (χ4n) is 1.93. The van der Waals surface area contributed by atoms with Crippen molar-refractivity contribution in [3.63, 3.8) is 0 Å². The summed E-state index contributed by atoms with van der Waals surface area (Å²) in [6.45, 7) is 2.83. The van der Waals surface area contributed by atoms with Crippen molar-refractivity contribution in [3.05, 3.63) is 34.8 Å². The van der Waals surface area contributed by atoms with Crippen molar-refractivity contribution >= 4 is 5.97 Å². The number of alkyl halides is 3. The number of aryl methyl sites for hydroxylation is 1. The van der Waals surface area contributed by atoms with E-state index in [-0.39, 0.29) is 29.1 Å². The summed E-state index contributed by atoms with van der Waals surface area (Å²) in [5.74, 6) is -2.00. The first kappa shape index (κ1) is 15.9. The van der Waals surface area contributed by atoms with E-state index in [2.05, 4.69) is 15.4 Å². The number of ether oxygens (including phenoxy) is 1. The predicted molar refractivity (Wildman–Crippen MR) is 67.5 cm³/mol. The fourth-order valence-corrected chi connectivity index (χ4v) is 1.93. The molecular formula is C13H11F4N3O2. The van der Waals surface area contributed by atoms with Crippen LogP contribution >= 0.6 is 0 Å². The van der Waals surface area contributed by atoms with Gasteiger partial charge in [-0.15, -0.1) is 5.10 Å². The number of nitrogens with one attached hydrogen (secondary N) is 1. The Morgan fingerprint density at radius 3 is 2.59 bits per heavy atom. The van der Waals surface area contributed by atoms with Gasteiger partial charge in [-0.1, -0.05) is 0 Å². The average Bonchev–Trinajstić information content (AvgIpc) is 2.89. The molecule has 0 fully saturated rings. The molecule has 0 amide bonds. The van der Waals surface area contributed by atoms with E-state index in [9.17, 15) is 22.4 Å². The van der Waals surface area contributed by atoms with Gasteiger partial charge in [-0.2, -0.15) is 23.5 Å². The maximum atomic E-state index is 14.0. The zero-order valence-corrected chi connectivity index (χ0v) is 11.6. The van der Waals surface area contributed by atoms with Crippen LogP contribution < -0.4 is 0 Å². The molecule has 0 spiro atoms. The summed E-state index contributed by atoms with van der Waals surface area (Å²) in [6.07, 6.45) is -4.67. The zero-order valence-electron chi connectivity index (χ0n) is 11.6.